The number of hydrogen-bond acceptors (Lipinski definition) is 2. The number of nitrogens with zero attached hydrogens (tertiary/aromatic N) is 2. The van der Waals surface area contributed by atoms with Crippen molar-refractivity contribution in [2.24, 2.45) is 0 Å². The Morgan fingerprint density at radius 1 is 0.250 bits per heavy atom. The summed E-state index contributed by atoms with van der Waals surface area (Å²) in [6.45, 7) is 18.3. The zero-order valence-corrected chi connectivity index (χ0v) is 42.7. The number of fused-ring (bicyclic) bond motifs is 6. The van der Waals surface area contributed by atoms with Gasteiger partial charge in [0.15, 0.2) is 0 Å². The molecule has 72 heavy (non-hydrogen) atoms. The Hall–Kier alpha value is -8.20. The van der Waals surface area contributed by atoms with Crippen LogP contribution in [0.2, 0.25) is 0 Å². The van der Waals surface area contributed by atoms with Gasteiger partial charge in [-0.05, 0) is 201 Å². The van der Waals surface area contributed by atoms with E-state index < -0.39 is 0 Å². The zero-order chi connectivity index (χ0) is 49.5. The molecule has 2 nitrogen and oxygen atoms in total. The van der Waals surface area contributed by atoms with Crippen LogP contribution in [0.5, 0.6) is 0 Å². The van der Waals surface area contributed by atoms with Crippen LogP contribution in [0.15, 0.2) is 218 Å². The molecule has 0 radical (unpaired) electrons. The van der Waals surface area contributed by atoms with Crippen LogP contribution in [0.25, 0.3) is 55.6 Å². The molecule has 0 saturated heterocycles. The molecule has 2 aliphatic carbocycles. The van der Waals surface area contributed by atoms with Crippen LogP contribution < -0.4 is 9.80 Å². The van der Waals surface area contributed by atoms with E-state index in [1.807, 2.05) is 0 Å². The van der Waals surface area contributed by atoms with E-state index in [2.05, 4.69) is 284 Å². The summed E-state index contributed by atoms with van der Waals surface area (Å²) in [5.74, 6) is 0. The van der Waals surface area contributed by atoms with Gasteiger partial charge in [-0.15, -0.1) is 0 Å². The summed E-state index contributed by atoms with van der Waals surface area (Å²) in [6.07, 6.45) is 0. The normalized spacial score (nSPS) is 13.5. The van der Waals surface area contributed by atoms with Gasteiger partial charge < -0.3 is 9.80 Å². The number of benzene rings is 10. The van der Waals surface area contributed by atoms with Crippen molar-refractivity contribution < 1.29 is 0 Å². The minimum absolute atomic E-state index is 0.0421. The first-order valence-electron chi connectivity index (χ1n) is 25.5. The van der Waals surface area contributed by atoms with Gasteiger partial charge in [0.1, 0.15) is 0 Å². The summed E-state index contributed by atoms with van der Waals surface area (Å²) in [4.78, 5) is 4.84. The molecule has 0 heterocycles. The van der Waals surface area contributed by atoms with Gasteiger partial charge in [0.05, 0.1) is 0 Å². The molecule has 0 bridgehead atoms. The lowest BCUT2D eigenvalue weighted by atomic mass is 9.81. The highest BCUT2D eigenvalue weighted by molar-refractivity contribution is 5.88. The Bertz CT molecular complexity index is 3490. The highest BCUT2D eigenvalue weighted by Gasteiger charge is 2.36. The van der Waals surface area contributed by atoms with Crippen LogP contribution in [0.1, 0.15) is 72.2 Å². The third kappa shape index (κ3) is 7.39. The van der Waals surface area contributed by atoms with Crippen molar-refractivity contribution in [2.45, 2.75) is 66.2 Å². The van der Waals surface area contributed by atoms with Gasteiger partial charge in [-0.25, -0.2) is 0 Å². The first kappa shape index (κ1) is 45.0. The second kappa shape index (κ2) is 17.3. The summed E-state index contributed by atoms with van der Waals surface area (Å²) < 4.78 is 0. The van der Waals surface area contributed by atoms with Gasteiger partial charge in [0.2, 0.25) is 0 Å². The first-order valence-corrected chi connectivity index (χ1v) is 25.5. The molecule has 10 aromatic carbocycles. The van der Waals surface area contributed by atoms with E-state index in [1.165, 1.54) is 112 Å². The molecule has 12 rings (SSSR count). The van der Waals surface area contributed by atoms with E-state index in [0.717, 1.165) is 22.7 Å². The topological polar surface area (TPSA) is 6.48 Å². The van der Waals surface area contributed by atoms with Crippen LogP contribution in [0.3, 0.4) is 0 Å². The van der Waals surface area contributed by atoms with Crippen molar-refractivity contribution in [3.63, 3.8) is 0 Å². The van der Waals surface area contributed by atoms with Crippen LogP contribution in [-0.4, -0.2) is 0 Å². The van der Waals surface area contributed by atoms with Crippen LogP contribution >= 0.6 is 0 Å². The van der Waals surface area contributed by atoms with Gasteiger partial charge in [-0.2, -0.15) is 0 Å². The molecule has 10 aromatic rings. The number of anilines is 6. The molecule has 0 N–H and O–H groups in total. The standard InChI is InChI=1S/C70H60N2/c1-45-17-9-15-23-65(45)71(55-33-25-49(26-34-55)53-29-37-59-57-19-11-13-21-61(57)69(5,6)63(59)43-53)67-39-31-51(41-47(67)3)52-32-40-68(48(4)42-52)72(66-24-16-10-18-46(66)2)56-35-27-50(28-36-56)54-30-38-60-58-20-12-14-22-62(58)70(7,8)64(60)44-54/h9-44H,1-8H3. The molecule has 0 saturated carbocycles. The van der Waals surface area contributed by atoms with E-state index in [4.69, 9.17) is 0 Å². The van der Waals surface area contributed by atoms with Crippen molar-refractivity contribution >= 4 is 34.1 Å². The lowest BCUT2D eigenvalue weighted by Crippen LogP contribution is -2.14. The Balaban J connectivity index is 0.850. The van der Waals surface area contributed by atoms with Crippen molar-refractivity contribution in [1.29, 1.82) is 0 Å². The van der Waals surface area contributed by atoms with Crippen molar-refractivity contribution in [2.75, 3.05) is 9.80 Å². The molecular weight excluding hydrogens is 869 g/mol. The lowest BCUT2D eigenvalue weighted by molar-refractivity contribution is 0.660. The SMILES string of the molecule is Cc1ccccc1N(c1ccc(-c2ccc3c(c2)C(C)(C)c2ccccc2-3)cc1)c1ccc(-c2ccc(N(c3ccc(-c4ccc5c(c4)C(C)(C)c4ccccc4-5)cc3)c3ccccc3C)c(C)c2)cc1C. The maximum absolute atomic E-state index is 2.42. The number of aryl methyl sites for hydroxylation is 4. The van der Waals surface area contributed by atoms with Gasteiger partial charge >= 0.3 is 0 Å². The summed E-state index contributed by atoms with van der Waals surface area (Å²) in [5, 5.41) is 0. The average molecular weight is 929 g/mol. The van der Waals surface area contributed by atoms with E-state index >= 15 is 0 Å². The van der Waals surface area contributed by atoms with Gasteiger partial charge in [0.25, 0.3) is 0 Å². The van der Waals surface area contributed by atoms with Crippen molar-refractivity contribution in [3.05, 3.63) is 263 Å². The minimum atomic E-state index is -0.0421. The summed E-state index contributed by atoms with van der Waals surface area (Å²) in [7, 11) is 0. The molecule has 2 heteroatoms. The predicted octanol–water partition coefficient (Wildman–Crippen LogP) is 19.5. The molecule has 0 atom stereocenters. The van der Waals surface area contributed by atoms with E-state index in [9.17, 15) is 0 Å². The Kier molecular flexibility index (Phi) is 10.8. The molecule has 350 valence electrons. The fraction of sp³-hybridized carbons (Fsp3) is 0.143. The molecule has 0 spiro atoms. The van der Waals surface area contributed by atoms with Crippen molar-refractivity contribution in [3.8, 4) is 55.6 Å². The molecule has 2 aliphatic rings. The first-order chi connectivity index (χ1) is 34.9. The smallest absolute Gasteiger partial charge is 0.0491 e. The molecule has 0 fully saturated rings. The Morgan fingerprint density at radius 3 is 0.944 bits per heavy atom. The zero-order valence-electron chi connectivity index (χ0n) is 42.7. The quantitative estimate of drug-likeness (QED) is 0.142. The van der Waals surface area contributed by atoms with E-state index in [-0.39, 0.29) is 10.8 Å². The highest BCUT2D eigenvalue weighted by Crippen LogP contribution is 2.52. The number of para-hydroxylation sites is 2. The van der Waals surface area contributed by atoms with Crippen LogP contribution in [0.4, 0.5) is 34.1 Å². The molecule has 0 amide bonds. The second-order valence-electron chi connectivity index (χ2n) is 21.2. The maximum Gasteiger partial charge on any atom is 0.0491 e. The van der Waals surface area contributed by atoms with E-state index in [0.29, 0.717) is 0 Å². The highest BCUT2D eigenvalue weighted by atomic mass is 15.2. The van der Waals surface area contributed by atoms with Crippen LogP contribution in [-0.2, 0) is 10.8 Å². The van der Waals surface area contributed by atoms with Gasteiger partial charge in [0, 0.05) is 45.0 Å². The molecule has 0 aromatic heterocycles. The lowest BCUT2D eigenvalue weighted by Gasteiger charge is -2.29. The van der Waals surface area contributed by atoms with Crippen molar-refractivity contribution in [1.82, 2.24) is 0 Å². The molecule has 0 unspecified atom stereocenters. The molecular formula is C70H60N2. The van der Waals surface area contributed by atoms with Gasteiger partial charge in [-0.1, -0.05) is 173 Å². The fourth-order valence-electron chi connectivity index (χ4n) is 12.0. The predicted molar refractivity (Wildman–Crippen MR) is 306 cm³/mol. The Labute approximate surface area is 426 Å². The second-order valence-corrected chi connectivity index (χ2v) is 21.2. The Morgan fingerprint density at radius 2 is 0.556 bits per heavy atom. The average Bonchev–Trinajstić information content (AvgIpc) is 3.77. The van der Waals surface area contributed by atoms with E-state index in [1.54, 1.807) is 0 Å². The minimum Gasteiger partial charge on any atom is -0.310 e. The summed E-state index contributed by atoms with van der Waals surface area (Å²) in [5.41, 5.74) is 30.0. The fourth-order valence-corrected chi connectivity index (χ4v) is 12.0. The maximum atomic E-state index is 2.42. The van der Waals surface area contributed by atoms with Crippen LogP contribution in [0, 0.1) is 27.7 Å². The number of hydrogen-bond donors (Lipinski definition) is 0. The third-order valence-electron chi connectivity index (χ3n) is 16.0. The third-order valence-corrected chi connectivity index (χ3v) is 16.0. The largest absolute Gasteiger partial charge is 0.310 e. The summed E-state index contributed by atoms with van der Waals surface area (Å²) in [6, 6.07) is 81.3. The number of rotatable bonds is 9. The summed E-state index contributed by atoms with van der Waals surface area (Å²) >= 11 is 0. The molecule has 0 aliphatic heterocycles. The van der Waals surface area contributed by atoms with Gasteiger partial charge in [-0.3, -0.25) is 0 Å². The monoisotopic (exact) mass is 928 g/mol.